The number of nitrogen functional groups attached to an aromatic ring is 1. The number of nitrogens with two attached hydrogens (primary N) is 1. The molecular formula is C77H113N7O19Si3. The minimum atomic E-state index is -1.86. The van der Waals surface area contributed by atoms with Crippen molar-refractivity contribution in [2.75, 3.05) is 42.8 Å². The van der Waals surface area contributed by atoms with E-state index in [1.807, 2.05) is 36.4 Å². The lowest BCUT2D eigenvalue weighted by Gasteiger charge is -2.36. The van der Waals surface area contributed by atoms with Crippen LogP contribution in [0, 0.1) is 20.2 Å². The van der Waals surface area contributed by atoms with Crippen molar-refractivity contribution in [2.24, 2.45) is 0 Å². The van der Waals surface area contributed by atoms with Gasteiger partial charge >= 0.3 is 35.9 Å². The Morgan fingerprint density at radius 3 is 0.962 bits per heavy atom. The van der Waals surface area contributed by atoms with Gasteiger partial charge in [0.15, 0.2) is 25.0 Å². The molecule has 0 heterocycles. The third-order valence-electron chi connectivity index (χ3n) is 17.1. The maximum atomic E-state index is 12.5. The van der Waals surface area contributed by atoms with E-state index in [1.54, 1.807) is 48.5 Å². The van der Waals surface area contributed by atoms with E-state index < -0.39 is 82.8 Å². The molecule has 8 N–H and O–H groups in total. The van der Waals surface area contributed by atoms with Gasteiger partial charge in [0.1, 0.15) is 38.5 Å². The summed E-state index contributed by atoms with van der Waals surface area (Å²) in [6, 6.07) is 30.8. The van der Waals surface area contributed by atoms with E-state index in [-0.39, 0.29) is 91.8 Å². The molecule has 5 rings (SSSR count). The van der Waals surface area contributed by atoms with Crippen molar-refractivity contribution >= 4 is 89.3 Å². The monoisotopic (exact) mass is 1520 g/mol. The number of aliphatic hydroxyl groups excluding tert-OH is 2. The number of non-ortho nitro benzene ring substituents is 2. The predicted octanol–water partition coefficient (Wildman–Crippen LogP) is 15.8. The Morgan fingerprint density at radius 2 is 0.698 bits per heavy atom. The standard InChI is InChI=1S/C25H38N2O6Si.C19H24N2O6.C13H21NO3Si.C13H23NOSi.C7H7NO3/c1-8-16-31-22(28)15-14-21(23(29)32-17-9-2)27-24(30)26-20-12-10-19(11-13-20)18-33-34(6,7)25(3,4)5;1-3-11-26-17(23)10-9-16(18(24)27-12-4-2)21-19(25)20-15-7-5-14(13-22)6-8-15;1-13(2,3)18(4,5)17-10-11-6-8-12(9-7-11)14(15)16;1-13(2,3)16(4,5)15-10-11-6-8-12(14)9-7-11;9-5-6-1-3-7(4-2-6)8(10)11/h8-13,21H,1-2,14-18H2,3-7H3,(H2,26,27,30);3-8,16,22H,1-2,9-13H2,(H2,20,21,25);6-9H,10H2,1-5H3;6-9H,10,14H2,1-5H3;1-4,9H,5H2/t21-;16-;;;/m00.../s1. The van der Waals surface area contributed by atoms with E-state index in [1.165, 1.54) is 66.3 Å². The molecule has 106 heavy (non-hydrogen) atoms. The number of nitro groups is 2. The number of nitro benzene ring substituents is 2. The first-order valence-corrected chi connectivity index (χ1v) is 43.1. The first-order valence-electron chi connectivity index (χ1n) is 34.3. The molecule has 29 heteroatoms. The van der Waals surface area contributed by atoms with Crippen molar-refractivity contribution in [2.45, 2.75) is 188 Å². The number of ether oxygens (including phenoxy) is 4. The van der Waals surface area contributed by atoms with Crippen molar-refractivity contribution < 1.29 is 81.1 Å². The second kappa shape index (κ2) is 47.2. The van der Waals surface area contributed by atoms with E-state index in [4.69, 9.17) is 48.2 Å². The van der Waals surface area contributed by atoms with Crippen molar-refractivity contribution in [3.05, 3.63) is 220 Å². The number of hydrogen-bond acceptors (Lipinski definition) is 20. The largest absolute Gasteiger partial charge is 0.461 e. The molecule has 0 aliphatic rings. The molecule has 0 aromatic heterocycles. The average molecular weight is 1530 g/mol. The average Bonchev–Trinajstić information content (AvgIpc) is 0.845. The van der Waals surface area contributed by atoms with Gasteiger partial charge in [0, 0.05) is 54.2 Å². The van der Waals surface area contributed by atoms with Gasteiger partial charge in [0.2, 0.25) is 0 Å². The molecule has 0 fully saturated rings. The Morgan fingerprint density at radius 1 is 0.443 bits per heavy atom. The number of aliphatic hydroxyl groups is 2. The number of nitrogens with one attached hydrogen (secondary N) is 4. The Kier molecular flexibility index (Phi) is 42.1. The van der Waals surface area contributed by atoms with Gasteiger partial charge in [0.25, 0.3) is 11.4 Å². The van der Waals surface area contributed by atoms with E-state index >= 15 is 0 Å². The van der Waals surface area contributed by atoms with Crippen LogP contribution in [0.3, 0.4) is 0 Å². The molecule has 582 valence electrons. The minimum Gasteiger partial charge on any atom is -0.461 e. The van der Waals surface area contributed by atoms with Gasteiger partial charge in [-0.1, -0.05) is 149 Å². The van der Waals surface area contributed by atoms with Crippen LogP contribution in [0.2, 0.25) is 54.4 Å². The number of nitrogens with zero attached hydrogens (tertiary/aromatic N) is 2. The zero-order chi connectivity index (χ0) is 80.5. The molecule has 5 aromatic carbocycles. The Balaban J connectivity index is 0.000000695. The van der Waals surface area contributed by atoms with Gasteiger partial charge in [-0.2, -0.15) is 0 Å². The Bertz CT molecular complexity index is 3580. The zero-order valence-corrected chi connectivity index (χ0v) is 67.3. The number of benzene rings is 5. The number of carbonyl (C=O) groups excluding carboxylic acids is 6. The normalized spacial score (nSPS) is 11.8. The van der Waals surface area contributed by atoms with Crippen LogP contribution in [0.4, 0.5) is 38.0 Å². The summed E-state index contributed by atoms with van der Waals surface area (Å²) in [5, 5.41) is 49.2. The summed E-state index contributed by atoms with van der Waals surface area (Å²) >= 11 is 0. The van der Waals surface area contributed by atoms with Gasteiger partial charge in [-0.05, 0) is 156 Å². The summed E-state index contributed by atoms with van der Waals surface area (Å²) in [4.78, 5) is 92.2. The molecule has 0 aliphatic carbocycles. The summed E-state index contributed by atoms with van der Waals surface area (Å²) in [6.45, 7) is 48.7. The van der Waals surface area contributed by atoms with Gasteiger partial charge in [0.05, 0.1) is 42.9 Å². The molecule has 0 saturated carbocycles. The summed E-state index contributed by atoms with van der Waals surface area (Å²) in [6.07, 6.45) is 5.61. The highest BCUT2D eigenvalue weighted by Crippen LogP contribution is 2.39. The van der Waals surface area contributed by atoms with Crippen LogP contribution >= 0.6 is 0 Å². The van der Waals surface area contributed by atoms with Crippen LogP contribution in [0.1, 0.15) is 116 Å². The third kappa shape index (κ3) is 38.0. The van der Waals surface area contributed by atoms with Crippen LogP contribution in [-0.2, 0) is 84.4 Å². The fourth-order valence-corrected chi connectivity index (χ4v) is 10.4. The number of esters is 4. The number of carbonyl (C=O) groups is 6. The van der Waals surface area contributed by atoms with Gasteiger partial charge < -0.3 is 69.4 Å². The molecule has 0 unspecified atom stereocenters. The molecule has 26 nitrogen and oxygen atoms in total. The topological polar surface area (TPSA) is 368 Å². The van der Waals surface area contributed by atoms with Crippen LogP contribution in [0.5, 0.6) is 0 Å². The summed E-state index contributed by atoms with van der Waals surface area (Å²) in [7, 11) is -5.25. The van der Waals surface area contributed by atoms with Gasteiger partial charge in [-0.3, -0.25) is 29.8 Å². The number of anilines is 3. The lowest BCUT2D eigenvalue weighted by molar-refractivity contribution is -0.385. The lowest BCUT2D eigenvalue weighted by Crippen LogP contribution is -2.44. The van der Waals surface area contributed by atoms with Crippen molar-refractivity contribution in [1.29, 1.82) is 0 Å². The molecule has 2 atom stereocenters. The molecule has 0 bridgehead atoms. The molecule has 0 saturated heterocycles. The van der Waals surface area contributed by atoms with E-state index in [2.05, 4.69) is 149 Å². The lowest BCUT2D eigenvalue weighted by atomic mass is 10.1. The second-order valence-corrected chi connectivity index (χ2v) is 43.0. The molecular weight excluding hydrogens is 1410 g/mol. The number of hydrogen-bond donors (Lipinski definition) is 7. The SMILES string of the molecule is C=CCOC(=O)CC[C@H](NC(=O)Nc1ccc(CO)cc1)C(=O)OCC=C.C=CCOC(=O)CC[C@H](NC(=O)Nc1ccc(CO[Si](C)(C)C(C)(C)C)cc1)C(=O)OCC=C.CC(C)(C)[Si](C)(C)OCc1ccc(N)cc1.CC(C)(C)[Si](C)(C)OCc1ccc([N+](=O)[O-])cc1.O=[N+]([O-])c1ccc(CO)cc1. The highest BCUT2D eigenvalue weighted by Gasteiger charge is 2.39. The molecule has 4 amide bonds. The van der Waals surface area contributed by atoms with Crippen LogP contribution in [0.25, 0.3) is 0 Å². The summed E-state index contributed by atoms with van der Waals surface area (Å²) in [5.41, 5.74) is 12.2. The van der Waals surface area contributed by atoms with Crippen molar-refractivity contribution in [3.8, 4) is 0 Å². The van der Waals surface area contributed by atoms with Crippen molar-refractivity contribution in [3.63, 3.8) is 0 Å². The van der Waals surface area contributed by atoms with Gasteiger partial charge in [-0.25, -0.2) is 19.2 Å². The zero-order valence-electron chi connectivity index (χ0n) is 64.3. The van der Waals surface area contributed by atoms with Crippen LogP contribution in [-0.4, -0.2) is 119 Å². The maximum Gasteiger partial charge on any atom is 0.329 e. The second-order valence-electron chi connectivity index (χ2n) is 28.6. The van der Waals surface area contributed by atoms with E-state index in [0.29, 0.717) is 42.3 Å². The summed E-state index contributed by atoms with van der Waals surface area (Å²) in [5.74, 6) is -2.36. The van der Waals surface area contributed by atoms with Gasteiger partial charge in [-0.15, -0.1) is 0 Å². The molecule has 0 spiro atoms. The van der Waals surface area contributed by atoms with Crippen LogP contribution in [0.15, 0.2) is 172 Å². The molecule has 5 aromatic rings. The smallest absolute Gasteiger partial charge is 0.329 e. The molecule has 0 aliphatic heterocycles. The predicted molar refractivity (Wildman–Crippen MR) is 423 cm³/mol. The fourth-order valence-electron chi connectivity index (χ4n) is 7.47. The first kappa shape index (κ1) is 94.5. The Hall–Kier alpha value is -9.47. The highest BCUT2D eigenvalue weighted by molar-refractivity contribution is 6.74. The number of rotatable bonds is 33. The fraction of sp³-hybridized carbons (Fsp3) is 0.429. The van der Waals surface area contributed by atoms with E-state index in [0.717, 1.165) is 16.8 Å². The first-order chi connectivity index (χ1) is 49.5. The van der Waals surface area contributed by atoms with Crippen LogP contribution < -0.4 is 27.0 Å². The third-order valence-corrected chi connectivity index (χ3v) is 30.6. The summed E-state index contributed by atoms with van der Waals surface area (Å²) < 4.78 is 38.1. The van der Waals surface area contributed by atoms with Crippen molar-refractivity contribution in [1.82, 2.24) is 10.6 Å². The number of amides is 4. The minimum absolute atomic E-state index is 0.00203. The highest BCUT2D eigenvalue weighted by atomic mass is 28.4. The Labute approximate surface area is 628 Å². The number of urea groups is 2. The molecule has 0 radical (unpaired) electrons. The maximum absolute atomic E-state index is 12.5. The van der Waals surface area contributed by atoms with E-state index in [9.17, 15) is 49.0 Å². The quantitative estimate of drug-likeness (QED) is 0.00390.